The molecule has 0 aliphatic carbocycles. The van der Waals surface area contributed by atoms with Gasteiger partial charge >= 0.3 is 0 Å². The summed E-state index contributed by atoms with van der Waals surface area (Å²) >= 11 is 0. The summed E-state index contributed by atoms with van der Waals surface area (Å²) in [4.78, 5) is 16.4. The van der Waals surface area contributed by atoms with Crippen LogP contribution in [-0.4, -0.2) is 31.7 Å². The molecule has 0 aliphatic rings. The van der Waals surface area contributed by atoms with Crippen LogP contribution in [0.3, 0.4) is 0 Å². The lowest BCUT2D eigenvalue weighted by Crippen LogP contribution is -2.34. The molecule has 0 atom stereocenters. The van der Waals surface area contributed by atoms with Crippen molar-refractivity contribution in [1.82, 2.24) is 5.32 Å². The fourth-order valence-corrected chi connectivity index (χ4v) is 1.58. The van der Waals surface area contributed by atoms with E-state index in [1.165, 1.54) is 0 Å². The smallest absolute Gasteiger partial charge is 0.291 e. The van der Waals surface area contributed by atoms with Crippen LogP contribution in [0.15, 0.2) is 29.3 Å². The number of hydrogen-bond donors (Lipinski definition) is 1. The van der Waals surface area contributed by atoms with Gasteiger partial charge in [0, 0.05) is 12.1 Å². The molecular formula is C16H24N2O3. The van der Waals surface area contributed by atoms with Crippen molar-refractivity contribution in [2.75, 3.05) is 13.7 Å². The molecule has 0 bridgehead atoms. The van der Waals surface area contributed by atoms with Crippen LogP contribution < -0.4 is 10.1 Å². The Hall–Kier alpha value is -2.04. The summed E-state index contributed by atoms with van der Waals surface area (Å²) in [5.74, 6) is 0.468. The third kappa shape index (κ3) is 6.29. The number of carbonyl (C=O) groups is 1. The summed E-state index contributed by atoms with van der Waals surface area (Å²) in [5.41, 5.74) is 0.534. The van der Waals surface area contributed by atoms with Gasteiger partial charge in [-0.1, -0.05) is 13.3 Å². The summed E-state index contributed by atoms with van der Waals surface area (Å²) < 4.78 is 10.6. The number of ether oxygens (including phenoxy) is 2. The normalized spacial score (nSPS) is 11.4. The highest BCUT2D eigenvalue weighted by Gasteiger charge is 2.11. The van der Waals surface area contributed by atoms with E-state index < -0.39 is 0 Å². The van der Waals surface area contributed by atoms with Gasteiger partial charge in [0.05, 0.1) is 13.2 Å². The minimum absolute atomic E-state index is 0.0402. The molecular weight excluding hydrogens is 268 g/mol. The number of methoxy groups -OCH3 is 1. The highest BCUT2D eigenvalue weighted by molar-refractivity contribution is 6.04. The topological polar surface area (TPSA) is 59.9 Å². The van der Waals surface area contributed by atoms with Crippen LogP contribution in [0.2, 0.25) is 0 Å². The van der Waals surface area contributed by atoms with E-state index in [1.54, 1.807) is 31.4 Å². The summed E-state index contributed by atoms with van der Waals surface area (Å²) in [5, 5.41) is 2.71. The van der Waals surface area contributed by atoms with Crippen molar-refractivity contribution in [2.45, 2.75) is 39.7 Å². The molecule has 0 unspecified atom stereocenters. The second kappa shape index (κ2) is 9.00. The Labute approximate surface area is 126 Å². The maximum atomic E-state index is 12.2. The molecule has 1 aromatic carbocycles. The number of nitrogens with zero attached hydrogens (tertiary/aromatic N) is 1. The minimum Gasteiger partial charge on any atom is -0.497 e. The van der Waals surface area contributed by atoms with Crippen LogP contribution in [0.5, 0.6) is 5.75 Å². The molecule has 1 N–H and O–H groups in total. The predicted molar refractivity (Wildman–Crippen MR) is 83.9 cm³/mol. The number of aliphatic imine (C=N–C) groups is 1. The molecule has 0 saturated heterocycles. The Bertz CT molecular complexity index is 467. The molecule has 0 aromatic heterocycles. The zero-order valence-corrected chi connectivity index (χ0v) is 13.2. The molecule has 0 heterocycles. The zero-order valence-electron chi connectivity index (χ0n) is 13.2. The van der Waals surface area contributed by atoms with Crippen molar-refractivity contribution in [3.05, 3.63) is 29.8 Å². The molecule has 5 nitrogen and oxygen atoms in total. The molecule has 1 amide bonds. The Morgan fingerprint density at radius 1 is 1.29 bits per heavy atom. The lowest BCUT2D eigenvalue weighted by Gasteiger charge is -2.13. The van der Waals surface area contributed by atoms with Crippen molar-refractivity contribution in [1.29, 1.82) is 0 Å². The maximum absolute atomic E-state index is 12.2. The van der Waals surface area contributed by atoms with Gasteiger partial charge in [-0.25, -0.2) is 4.99 Å². The van der Waals surface area contributed by atoms with E-state index in [9.17, 15) is 4.79 Å². The third-order valence-electron chi connectivity index (χ3n) is 2.69. The Kier molecular flexibility index (Phi) is 7.29. The molecule has 5 heteroatoms. The number of rotatable bonds is 6. The van der Waals surface area contributed by atoms with Gasteiger partial charge in [0.1, 0.15) is 5.75 Å². The van der Waals surface area contributed by atoms with Crippen LogP contribution in [0, 0.1) is 0 Å². The number of amides is 1. The summed E-state index contributed by atoms with van der Waals surface area (Å²) in [6, 6.07) is 7.16. The first-order valence-electron chi connectivity index (χ1n) is 7.23. The maximum Gasteiger partial charge on any atom is 0.291 e. The summed E-state index contributed by atoms with van der Waals surface area (Å²) in [7, 11) is 1.59. The fourth-order valence-electron chi connectivity index (χ4n) is 1.58. The van der Waals surface area contributed by atoms with E-state index in [1.807, 2.05) is 13.8 Å². The van der Waals surface area contributed by atoms with E-state index in [2.05, 4.69) is 17.2 Å². The van der Waals surface area contributed by atoms with Gasteiger partial charge in [0.15, 0.2) is 0 Å². The second-order valence-corrected chi connectivity index (χ2v) is 4.89. The average molecular weight is 292 g/mol. The van der Waals surface area contributed by atoms with Crippen LogP contribution >= 0.6 is 0 Å². The van der Waals surface area contributed by atoms with Crippen molar-refractivity contribution in [3.63, 3.8) is 0 Å². The molecule has 1 rings (SSSR count). The quantitative estimate of drug-likeness (QED) is 0.498. The number of hydrogen-bond acceptors (Lipinski definition) is 4. The van der Waals surface area contributed by atoms with E-state index >= 15 is 0 Å². The van der Waals surface area contributed by atoms with Crippen LogP contribution in [0.1, 0.15) is 44.0 Å². The summed E-state index contributed by atoms with van der Waals surface area (Å²) in [6.07, 6.45) is 1.97. The first kappa shape index (κ1) is 17.0. The lowest BCUT2D eigenvalue weighted by molar-refractivity contribution is 0.0959. The van der Waals surface area contributed by atoms with Gasteiger partial charge < -0.3 is 9.47 Å². The SMILES string of the molecule is CCCCN=C(NC(=O)c1ccc(OC)cc1)OC(C)C. The van der Waals surface area contributed by atoms with Gasteiger partial charge in [0.2, 0.25) is 0 Å². The molecule has 1 aromatic rings. The highest BCUT2D eigenvalue weighted by Crippen LogP contribution is 2.11. The molecule has 0 aliphatic heterocycles. The van der Waals surface area contributed by atoms with Crippen molar-refractivity contribution in [2.24, 2.45) is 4.99 Å². The van der Waals surface area contributed by atoms with Gasteiger partial charge in [0.25, 0.3) is 11.9 Å². The van der Waals surface area contributed by atoms with Crippen molar-refractivity contribution in [3.8, 4) is 5.75 Å². The van der Waals surface area contributed by atoms with Crippen molar-refractivity contribution < 1.29 is 14.3 Å². The van der Waals surface area contributed by atoms with E-state index in [-0.39, 0.29) is 18.0 Å². The van der Waals surface area contributed by atoms with Gasteiger partial charge in [-0.15, -0.1) is 0 Å². The van der Waals surface area contributed by atoms with Gasteiger partial charge in [-0.3, -0.25) is 10.1 Å². The molecule has 0 spiro atoms. The zero-order chi connectivity index (χ0) is 15.7. The number of carbonyl (C=O) groups excluding carboxylic acids is 1. The Morgan fingerprint density at radius 3 is 2.48 bits per heavy atom. The average Bonchev–Trinajstić information content (AvgIpc) is 2.46. The van der Waals surface area contributed by atoms with Gasteiger partial charge in [-0.2, -0.15) is 0 Å². The molecule has 21 heavy (non-hydrogen) atoms. The first-order valence-corrected chi connectivity index (χ1v) is 7.23. The predicted octanol–water partition coefficient (Wildman–Crippen LogP) is 3.01. The number of benzene rings is 1. The number of amidine groups is 1. The number of nitrogens with one attached hydrogen (secondary N) is 1. The monoisotopic (exact) mass is 292 g/mol. The Morgan fingerprint density at radius 2 is 1.95 bits per heavy atom. The molecule has 116 valence electrons. The van der Waals surface area contributed by atoms with Crippen LogP contribution in [-0.2, 0) is 4.74 Å². The standard InChI is InChI=1S/C16H24N2O3/c1-5-6-11-17-16(21-12(2)3)18-15(19)13-7-9-14(20-4)10-8-13/h7-10,12H,5-6,11H2,1-4H3,(H,17,18,19). The van der Waals surface area contributed by atoms with E-state index in [0.717, 1.165) is 12.8 Å². The largest absolute Gasteiger partial charge is 0.497 e. The Balaban J connectivity index is 2.71. The molecule has 0 fully saturated rings. The van der Waals surface area contributed by atoms with Crippen molar-refractivity contribution >= 4 is 11.9 Å². The third-order valence-corrected chi connectivity index (χ3v) is 2.69. The van der Waals surface area contributed by atoms with E-state index in [4.69, 9.17) is 9.47 Å². The molecule has 0 saturated carbocycles. The minimum atomic E-state index is -0.242. The fraction of sp³-hybridized carbons (Fsp3) is 0.500. The highest BCUT2D eigenvalue weighted by atomic mass is 16.5. The van der Waals surface area contributed by atoms with Crippen LogP contribution in [0.25, 0.3) is 0 Å². The molecule has 0 radical (unpaired) electrons. The van der Waals surface area contributed by atoms with Crippen LogP contribution in [0.4, 0.5) is 0 Å². The lowest BCUT2D eigenvalue weighted by atomic mass is 10.2. The second-order valence-electron chi connectivity index (χ2n) is 4.89. The summed E-state index contributed by atoms with van der Waals surface area (Å²) in [6.45, 7) is 6.53. The van der Waals surface area contributed by atoms with E-state index in [0.29, 0.717) is 17.9 Å². The number of unbranched alkanes of at least 4 members (excludes halogenated alkanes) is 1. The van der Waals surface area contributed by atoms with Gasteiger partial charge in [-0.05, 0) is 44.5 Å². The first-order chi connectivity index (χ1) is 10.1.